The minimum Gasteiger partial charge on any atom is -0.457 e. The van der Waals surface area contributed by atoms with Crippen molar-refractivity contribution < 1.29 is 28.7 Å². The number of amides is 3. The van der Waals surface area contributed by atoms with Crippen molar-refractivity contribution in [1.82, 2.24) is 10.9 Å². The molecule has 40 heavy (non-hydrogen) atoms. The fourth-order valence-electron chi connectivity index (χ4n) is 3.44. The van der Waals surface area contributed by atoms with E-state index in [0.717, 1.165) is 5.75 Å². The Morgan fingerprint density at radius 3 is 1.95 bits per heavy atom. The number of hydrogen-bond acceptors (Lipinski definition) is 6. The smallest absolute Gasteiger partial charge is 0.306 e. The lowest BCUT2D eigenvalue weighted by Crippen LogP contribution is -2.43. The van der Waals surface area contributed by atoms with Gasteiger partial charge in [0.05, 0.1) is 0 Å². The lowest BCUT2D eigenvalue weighted by atomic mass is 9.87. The molecular formula is C30H32ClN3O6. The number of carbonyl (C=O) groups is 4. The second kappa shape index (κ2) is 14.1. The van der Waals surface area contributed by atoms with Gasteiger partial charge in [-0.1, -0.05) is 44.5 Å². The second-order valence-electron chi connectivity index (χ2n) is 9.97. The van der Waals surface area contributed by atoms with Crippen LogP contribution in [-0.2, 0) is 24.5 Å². The average molecular weight is 566 g/mol. The Morgan fingerprint density at radius 2 is 1.35 bits per heavy atom. The van der Waals surface area contributed by atoms with Crippen molar-refractivity contribution in [3.05, 3.63) is 88.9 Å². The summed E-state index contributed by atoms with van der Waals surface area (Å²) in [4.78, 5) is 47.9. The van der Waals surface area contributed by atoms with Gasteiger partial charge in [-0.25, -0.2) is 0 Å². The predicted octanol–water partition coefficient (Wildman–Crippen LogP) is 5.54. The van der Waals surface area contributed by atoms with Crippen molar-refractivity contribution in [3.63, 3.8) is 0 Å². The maximum Gasteiger partial charge on any atom is 0.306 e. The summed E-state index contributed by atoms with van der Waals surface area (Å²) in [6, 6.07) is 21.0. The summed E-state index contributed by atoms with van der Waals surface area (Å²) in [7, 11) is 0. The molecule has 3 amide bonds. The van der Waals surface area contributed by atoms with Gasteiger partial charge in [0, 0.05) is 29.1 Å². The van der Waals surface area contributed by atoms with Crippen LogP contribution in [0.2, 0.25) is 5.02 Å². The number of hydrazine groups is 1. The summed E-state index contributed by atoms with van der Waals surface area (Å²) < 4.78 is 10.7. The summed E-state index contributed by atoms with van der Waals surface area (Å²) in [6.45, 7) is 5.88. The zero-order valence-corrected chi connectivity index (χ0v) is 23.3. The first-order chi connectivity index (χ1) is 19.0. The number of carbonyl (C=O) groups excluding carboxylic acids is 4. The molecule has 0 saturated carbocycles. The molecule has 3 rings (SSSR count). The maximum absolute atomic E-state index is 12.2. The minimum absolute atomic E-state index is 0.0430. The Labute approximate surface area is 238 Å². The molecule has 10 heteroatoms. The molecule has 9 nitrogen and oxygen atoms in total. The van der Waals surface area contributed by atoms with E-state index >= 15 is 0 Å². The molecule has 0 fully saturated rings. The van der Waals surface area contributed by atoms with Crippen LogP contribution in [0, 0.1) is 0 Å². The number of hydrogen-bond donors (Lipinski definition) is 3. The molecular weight excluding hydrogens is 534 g/mol. The SMILES string of the molecule is CC(C)(C)c1ccc(Oc2ccc(NC(=O)CCCC(=O)OCC(=O)NNC(=O)c3ccc(Cl)cc3)cc2)cc1. The van der Waals surface area contributed by atoms with E-state index in [4.69, 9.17) is 21.1 Å². The standard InChI is InChI=1S/C30H32ClN3O6/c1-30(2,3)21-9-15-24(16-10-21)40-25-17-13-23(14-18-25)32-26(35)5-4-6-28(37)39-19-27(36)33-34-29(38)20-7-11-22(31)12-8-20/h7-18H,4-6,19H2,1-3H3,(H,32,35)(H,33,36)(H,34,38). The molecule has 0 unspecified atom stereocenters. The van der Waals surface area contributed by atoms with Gasteiger partial charge in [-0.3, -0.25) is 30.0 Å². The normalized spacial score (nSPS) is 10.8. The van der Waals surface area contributed by atoms with Gasteiger partial charge in [-0.05, 0) is 78.1 Å². The highest BCUT2D eigenvalue weighted by molar-refractivity contribution is 6.30. The highest BCUT2D eigenvalue weighted by atomic mass is 35.5. The second-order valence-corrected chi connectivity index (χ2v) is 10.4. The third kappa shape index (κ3) is 10.1. The molecule has 0 aliphatic heterocycles. The molecule has 0 saturated heterocycles. The fraction of sp³-hybridized carbons (Fsp3) is 0.267. The van der Waals surface area contributed by atoms with Gasteiger partial charge in [-0.2, -0.15) is 0 Å². The lowest BCUT2D eigenvalue weighted by Gasteiger charge is -2.19. The lowest BCUT2D eigenvalue weighted by molar-refractivity contribution is -0.148. The zero-order chi connectivity index (χ0) is 29.1. The van der Waals surface area contributed by atoms with Crippen molar-refractivity contribution in [2.75, 3.05) is 11.9 Å². The Hall–Kier alpha value is -4.37. The molecule has 0 aliphatic carbocycles. The van der Waals surface area contributed by atoms with Crippen molar-refractivity contribution >= 4 is 41.0 Å². The molecule has 0 heterocycles. The van der Waals surface area contributed by atoms with Crippen LogP contribution in [0.5, 0.6) is 11.5 Å². The van der Waals surface area contributed by atoms with Crippen LogP contribution in [0.3, 0.4) is 0 Å². The van der Waals surface area contributed by atoms with E-state index in [1.807, 2.05) is 24.3 Å². The van der Waals surface area contributed by atoms with Crippen LogP contribution in [0.15, 0.2) is 72.8 Å². The first-order valence-electron chi connectivity index (χ1n) is 12.7. The molecule has 210 valence electrons. The first kappa shape index (κ1) is 30.2. The van der Waals surface area contributed by atoms with Crippen LogP contribution in [0.1, 0.15) is 56.0 Å². The fourth-order valence-corrected chi connectivity index (χ4v) is 3.56. The number of anilines is 1. The molecule has 0 aromatic heterocycles. The summed E-state index contributed by atoms with van der Waals surface area (Å²) in [5.74, 6) is -0.793. The van der Waals surface area contributed by atoms with Crippen LogP contribution >= 0.6 is 11.6 Å². The number of rotatable bonds is 10. The number of nitrogens with one attached hydrogen (secondary N) is 3. The summed E-state index contributed by atoms with van der Waals surface area (Å²) in [5.41, 5.74) is 6.54. The van der Waals surface area contributed by atoms with E-state index in [9.17, 15) is 19.2 Å². The van der Waals surface area contributed by atoms with Gasteiger partial charge < -0.3 is 14.8 Å². The molecule has 0 radical (unpaired) electrons. The number of ether oxygens (including phenoxy) is 2. The molecule has 0 spiro atoms. The van der Waals surface area contributed by atoms with Gasteiger partial charge in [0.1, 0.15) is 11.5 Å². The highest BCUT2D eigenvalue weighted by Crippen LogP contribution is 2.27. The van der Waals surface area contributed by atoms with E-state index < -0.39 is 24.4 Å². The number of benzene rings is 3. The topological polar surface area (TPSA) is 123 Å². The van der Waals surface area contributed by atoms with Gasteiger partial charge >= 0.3 is 5.97 Å². The number of esters is 1. The minimum atomic E-state index is -0.706. The van der Waals surface area contributed by atoms with Gasteiger partial charge in [0.2, 0.25) is 5.91 Å². The van der Waals surface area contributed by atoms with Crippen molar-refractivity contribution in [3.8, 4) is 11.5 Å². The summed E-state index contributed by atoms with van der Waals surface area (Å²) in [6.07, 6.45) is 0.292. The van der Waals surface area contributed by atoms with Crippen molar-refractivity contribution in [2.45, 2.75) is 45.4 Å². The van der Waals surface area contributed by atoms with E-state index in [2.05, 4.69) is 36.9 Å². The predicted molar refractivity (Wildman–Crippen MR) is 152 cm³/mol. The van der Waals surface area contributed by atoms with E-state index in [0.29, 0.717) is 22.0 Å². The Balaban J connectivity index is 1.31. The average Bonchev–Trinajstić information content (AvgIpc) is 2.92. The Bertz CT molecular complexity index is 1320. The number of halogens is 1. The van der Waals surface area contributed by atoms with Gasteiger partial charge in [-0.15, -0.1) is 0 Å². The molecule has 3 aromatic rings. The third-order valence-corrected chi connectivity index (χ3v) is 5.92. The molecule has 3 aromatic carbocycles. The molecule has 3 N–H and O–H groups in total. The van der Waals surface area contributed by atoms with Gasteiger partial charge in [0.25, 0.3) is 11.8 Å². The monoisotopic (exact) mass is 565 g/mol. The summed E-state index contributed by atoms with van der Waals surface area (Å²) >= 11 is 5.77. The molecule has 0 atom stereocenters. The van der Waals surface area contributed by atoms with Gasteiger partial charge in [0.15, 0.2) is 6.61 Å². The first-order valence-corrected chi connectivity index (χ1v) is 13.1. The highest BCUT2D eigenvalue weighted by Gasteiger charge is 2.14. The van der Waals surface area contributed by atoms with E-state index in [-0.39, 0.29) is 30.6 Å². The summed E-state index contributed by atoms with van der Waals surface area (Å²) in [5, 5.41) is 3.24. The van der Waals surface area contributed by atoms with E-state index in [1.165, 1.54) is 17.7 Å². The Morgan fingerprint density at radius 1 is 0.750 bits per heavy atom. The Kier molecular flexibility index (Phi) is 10.7. The zero-order valence-electron chi connectivity index (χ0n) is 22.6. The molecule has 0 bridgehead atoms. The van der Waals surface area contributed by atoms with Crippen molar-refractivity contribution in [1.29, 1.82) is 0 Å². The largest absolute Gasteiger partial charge is 0.457 e. The van der Waals surface area contributed by atoms with Crippen LogP contribution < -0.4 is 20.9 Å². The van der Waals surface area contributed by atoms with Crippen LogP contribution in [0.4, 0.5) is 5.69 Å². The van der Waals surface area contributed by atoms with Crippen LogP contribution in [-0.4, -0.2) is 30.3 Å². The third-order valence-electron chi connectivity index (χ3n) is 5.66. The quantitative estimate of drug-likeness (QED) is 0.219. The van der Waals surface area contributed by atoms with E-state index in [1.54, 1.807) is 36.4 Å². The van der Waals surface area contributed by atoms with Crippen molar-refractivity contribution in [2.24, 2.45) is 0 Å². The maximum atomic E-state index is 12.2. The van der Waals surface area contributed by atoms with Crippen LogP contribution in [0.25, 0.3) is 0 Å². The molecule has 0 aliphatic rings.